The Morgan fingerprint density at radius 3 is 2.53 bits per heavy atom. The number of alkyl halides is 3. The van der Waals surface area contributed by atoms with Gasteiger partial charge in [0.2, 0.25) is 0 Å². The van der Waals surface area contributed by atoms with Crippen molar-refractivity contribution in [3.05, 3.63) is 89.8 Å². The summed E-state index contributed by atoms with van der Waals surface area (Å²) in [6.07, 6.45) is 4.26. The largest absolute Gasteiger partial charge is 0.465 e. The van der Waals surface area contributed by atoms with Crippen molar-refractivity contribution >= 4 is 17.8 Å². The van der Waals surface area contributed by atoms with Gasteiger partial charge < -0.3 is 9.94 Å². The standard InChI is InChI=1S/C23H22F3N3O3/c1-4-5-6-8-11-16(2)20(28-31)19(22(30)32-3)14-17-15-27-29(21(17)23(24,25)26)18-12-9-7-10-13-18/h4-10,12-15,31H,2,11H2,1,3H3/b5-4-,8-6?,19-14-,28-20-. The molecule has 0 atom stereocenters. The Labute approximate surface area is 183 Å². The molecule has 1 N–H and O–H groups in total. The third-order valence-corrected chi connectivity index (χ3v) is 4.27. The van der Waals surface area contributed by atoms with E-state index in [0.29, 0.717) is 0 Å². The van der Waals surface area contributed by atoms with E-state index in [1.165, 1.54) is 12.1 Å². The summed E-state index contributed by atoms with van der Waals surface area (Å²) in [5.74, 6) is -0.989. The van der Waals surface area contributed by atoms with Gasteiger partial charge in [0.25, 0.3) is 0 Å². The number of esters is 1. The van der Waals surface area contributed by atoms with Gasteiger partial charge in [-0.1, -0.05) is 54.2 Å². The second-order valence-electron chi connectivity index (χ2n) is 6.45. The predicted octanol–water partition coefficient (Wildman–Crippen LogP) is 5.36. The zero-order valence-electron chi connectivity index (χ0n) is 17.5. The van der Waals surface area contributed by atoms with Gasteiger partial charge >= 0.3 is 12.1 Å². The summed E-state index contributed by atoms with van der Waals surface area (Å²) >= 11 is 0. The number of ether oxygens (including phenoxy) is 1. The molecule has 0 aliphatic rings. The van der Waals surface area contributed by atoms with Crippen LogP contribution in [0, 0.1) is 0 Å². The van der Waals surface area contributed by atoms with Crippen molar-refractivity contribution in [3.63, 3.8) is 0 Å². The molecule has 0 aliphatic heterocycles. The maximum absolute atomic E-state index is 13.9. The lowest BCUT2D eigenvalue weighted by Crippen LogP contribution is -2.18. The van der Waals surface area contributed by atoms with E-state index in [0.717, 1.165) is 24.1 Å². The molecule has 0 spiro atoms. The van der Waals surface area contributed by atoms with E-state index in [2.05, 4.69) is 16.8 Å². The molecule has 0 unspecified atom stereocenters. The zero-order valence-corrected chi connectivity index (χ0v) is 17.5. The number of hydrogen-bond donors (Lipinski definition) is 1. The second-order valence-corrected chi connectivity index (χ2v) is 6.45. The number of hydrogen-bond acceptors (Lipinski definition) is 5. The first kappa shape index (κ1) is 24.4. The number of allylic oxidation sites excluding steroid dienone is 5. The first-order valence-electron chi connectivity index (χ1n) is 9.43. The SMILES string of the molecule is C=C(CC=C/C=C\C)C(=N/O)/C(=C/c1cnn(-c2ccccc2)c1C(F)(F)F)C(=O)OC. The molecule has 6 nitrogen and oxygen atoms in total. The van der Waals surface area contributed by atoms with Crippen LogP contribution in [0.3, 0.4) is 0 Å². The third-order valence-electron chi connectivity index (χ3n) is 4.27. The molecule has 0 amide bonds. The molecule has 0 saturated carbocycles. The Morgan fingerprint density at radius 1 is 1.28 bits per heavy atom. The average molecular weight is 445 g/mol. The van der Waals surface area contributed by atoms with Gasteiger partial charge in [0.15, 0.2) is 5.69 Å². The molecule has 2 aromatic rings. The lowest BCUT2D eigenvalue weighted by atomic mass is 9.98. The number of nitrogens with zero attached hydrogens (tertiary/aromatic N) is 3. The summed E-state index contributed by atoms with van der Waals surface area (Å²) in [4.78, 5) is 12.4. The number of oxime groups is 1. The maximum atomic E-state index is 13.9. The predicted molar refractivity (Wildman–Crippen MR) is 115 cm³/mol. The van der Waals surface area contributed by atoms with E-state index in [1.54, 1.807) is 42.5 Å². The minimum absolute atomic E-state index is 0.188. The van der Waals surface area contributed by atoms with Crippen LogP contribution >= 0.6 is 0 Å². The molecule has 9 heteroatoms. The molecule has 1 aromatic heterocycles. The number of benzene rings is 1. The molecule has 0 aliphatic carbocycles. The van der Waals surface area contributed by atoms with Crippen LogP contribution in [0.5, 0.6) is 0 Å². The van der Waals surface area contributed by atoms with Crippen LogP contribution in [0.2, 0.25) is 0 Å². The van der Waals surface area contributed by atoms with Crippen molar-refractivity contribution in [2.24, 2.45) is 5.16 Å². The van der Waals surface area contributed by atoms with Crippen LogP contribution in [-0.2, 0) is 15.7 Å². The highest BCUT2D eigenvalue weighted by molar-refractivity contribution is 6.28. The van der Waals surface area contributed by atoms with Crippen LogP contribution in [0.1, 0.15) is 24.6 Å². The lowest BCUT2D eigenvalue weighted by molar-refractivity contribution is -0.143. The first-order chi connectivity index (χ1) is 15.2. The number of carbonyl (C=O) groups is 1. The molecular formula is C23H22F3N3O3. The highest BCUT2D eigenvalue weighted by atomic mass is 19.4. The molecule has 32 heavy (non-hydrogen) atoms. The molecule has 0 saturated heterocycles. The normalized spacial score (nSPS) is 13.2. The van der Waals surface area contributed by atoms with Crippen molar-refractivity contribution in [1.82, 2.24) is 9.78 Å². The smallest absolute Gasteiger partial charge is 0.434 e. The summed E-state index contributed by atoms with van der Waals surface area (Å²) in [7, 11) is 1.07. The van der Waals surface area contributed by atoms with Gasteiger partial charge in [-0.2, -0.15) is 18.3 Å². The van der Waals surface area contributed by atoms with E-state index in [9.17, 15) is 23.2 Å². The van der Waals surface area contributed by atoms with Crippen LogP contribution < -0.4 is 0 Å². The van der Waals surface area contributed by atoms with E-state index < -0.39 is 29.0 Å². The molecule has 0 bridgehead atoms. The fourth-order valence-corrected chi connectivity index (χ4v) is 2.82. The van der Waals surface area contributed by atoms with E-state index in [-0.39, 0.29) is 23.4 Å². The average Bonchev–Trinajstić information content (AvgIpc) is 3.21. The summed E-state index contributed by atoms with van der Waals surface area (Å²) in [5, 5.41) is 16.4. The van der Waals surface area contributed by atoms with Crippen LogP contribution in [0.4, 0.5) is 13.2 Å². The summed E-state index contributed by atoms with van der Waals surface area (Å²) in [6, 6.07) is 7.76. The monoisotopic (exact) mass is 445 g/mol. The Hall–Kier alpha value is -3.88. The van der Waals surface area contributed by atoms with Gasteiger partial charge in [-0.15, -0.1) is 0 Å². The molecule has 168 valence electrons. The Kier molecular flexibility index (Phi) is 8.34. The van der Waals surface area contributed by atoms with Crippen LogP contribution in [0.15, 0.2) is 83.7 Å². The van der Waals surface area contributed by atoms with Crippen molar-refractivity contribution < 1.29 is 27.9 Å². The number of carbonyl (C=O) groups excluding carboxylic acids is 1. The van der Waals surface area contributed by atoms with E-state index in [1.807, 2.05) is 6.92 Å². The maximum Gasteiger partial charge on any atom is 0.434 e. The minimum Gasteiger partial charge on any atom is -0.465 e. The first-order valence-corrected chi connectivity index (χ1v) is 9.43. The summed E-state index contributed by atoms with van der Waals surface area (Å²) < 4.78 is 47.2. The highest BCUT2D eigenvalue weighted by Gasteiger charge is 2.38. The van der Waals surface area contributed by atoms with Crippen molar-refractivity contribution in [2.45, 2.75) is 19.5 Å². The number of rotatable bonds is 8. The summed E-state index contributed by atoms with van der Waals surface area (Å²) in [6.45, 7) is 5.59. The minimum atomic E-state index is -4.79. The molecule has 1 aromatic carbocycles. The molecular weight excluding hydrogens is 423 g/mol. The van der Waals surface area contributed by atoms with Gasteiger partial charge in [0.1, 0.15) is 5.71 Å². The Balaban J connectivity index is 2.61. The Morgan fingerprint density at radius 2 is 1.97 bits per heavy atom. The van der Waals surface area contributed by atoms with Gasteiger partial charge in [-0.25, -0.2) is 9.48 Å². The van der Waals surface area contributed by atoms with Gasteiger partial charge in [-0.05, 0) is 37.1 Å². The van der Waals surface area contributed by atoms with Crippen molar-refractivity contribution in [1.29, 1.82) is 0 Å². The molecule has 0 radical (unpaired) electrons. The Bertz CT molecular complexity index is 1080. The van der Waals surface area contributed by atoms with Crippen LogP contribution in [-0.4, -0.2) is 33.8 Å². The number of methoxy groups -OCH3 is 1. The molecule has 2 rings (SSSR count). The lowest BCUT2D eigenvalue weighted by Gasteiger charge is -2.13. The van der Waals surface area contributed by atoms with E-state index >= 15 is 0 Å². The topological polar surface area (TPSA) is 76.7 Å². The van der Waals surface area contributed by atoms with Gasteiger partial charge in [-0.3, -0.25) is 0 Å². The number of halogens is 3. The zero-order chi connectivity index (χ0) is 23.7. The number of aromatic nitrogens is 2. The number of para-hydroxylation sites is 1. The molecule has 1 heterocycles. The quantitative estimate of drug-likeness (QED) is 0.148. The molecule has 0 fully saturated rings. The highest BCUT2D eigenvalue weighted by Crippen LogP contribution is 2.35. The summed E-state index contributed by atoms with van der Waals surface area (Å²) in [5.41, 5.74) is -1.79. The fourth-order valence-electron chi connectivity index (χ4n) is 2.82. The second kappa shape index (κ2) is 10.9. The van der Waals surface area contributed by atoms with Crippen LogP contribution in [0.25, 0.3) is 11.8 Å². The van der Waals surface area contributed by atoms with E-state index in [4.69, 9.17) is 4.74 Å². The van der Waals surface area contributed by atoms with Crippen molar-refractivity contribution in [2.75, 3.05) is 7.11 Å². The third kappa shape index (κ3) is 5.84. The van der Waals surface area contributed by atoms with Gasteiger partial charge in [0.05, 0.1) is 24.6 Å². The van der Waals surface area contributed by atoms with Crippen molar-refractivity contribution in [3.8, 4) is 5.69 Å². The van der Waals surface area contributed by atoms with Gasteiger partial charge in [0, 0.05) is 5.56 Å². The fraction of sp³-hybridized carbons (Fsp3) is 0.174.